The van der Waals surface area contributed by atoms with Gasteiger partial charge in [-0.15, -0.1) is 0 Å². The van der Waals surface area contributed by atoms with E-state index in [1.807, 2.05) is 93.3 Å². The van der Waals surface area contributed by atoms with Crippen LogP contribution in [0.15, 0.2) is 91.4 Å². The van der Waals surface area contributed by atoms with Crippen LogP contribution in [-0.2, 0) is 22.4 Å². The van der Waals surface area contributed by atoms with Crippen LogP contribution in [0.3, 0.4) is 0 Å². The van der Waals surface area contributed by atoms with Crippen molar-refractivity contribution in [3.8, 4) is 11.3 Å². The van der Waals surface area contributed by atoms with Gasteiger partial charge in [0, 0.05) is 60.7 Å². The van der Waals surface area contributed by atoms with Crippen molar-refractivity contribution in [1.29, 1.82) is 0 Å². The molecule has 3 aromatic carbocycles. The number of carbonyl (C=O) groups is 2. The number of nitrogens with one attached hydrogen (secondary N) is 1. The third-order valence-corrected chi connectivity index (χ3v) is 7.87. The van der Waals surface area contributed by atoms with Crippen molar-refractivity contribution in [2.24, 2.45) is 0 Å². The fraction of sp³-hybridized carbons (Fsp3) is 0.212. The van der Waals surface area contributed by atoms with Crippen molar-refractivity contribution in [2.45, 2.75) is 12.8 Å². The van der Waals surface area contributed by atoms with E-state index in [1.54, 1.807) is 6.20 Å². The first-order valence-corrected chi connectivity index (χ1v) is 14.2. The molecule has 5 aromatic rings. The van der Waals surface area contributed by atoms with Gasteiger partial charge in [0.1, 0.15) is 0 Å². The Kier molecular flexibility index (Phi) is 6.85. The van der Waals surface area contributed by atoms with E-state index < -0.39 is 0 Å². The molecule has 0 spiro atoms. The Morgan fingerprint density at radius 1 is 0.905 bits per heavy atom. The Morgan fingerprint density at radius 3 is 2.52 bits per heavy atom. The summed E-state index contributed by atoms with van der Waals surface area (Å²) in [5.41, 5.74) is 6.98. The third-order valence-electron chi connectivity index (χ3n) is 7.87. The number of fused-ring (bicyclic) bond motifs is 2. The molecule has 0 unspecified atom stereocenters. The average Bonchev–Trinajstić information content (AvgIpc) is 3.70. The minimum atomic E-state index is 0.00912. The molecule has 9 heteroatoms. The van der Waals surface area contributed by atoms with E-state index in [9.17, 15) is 9.59 Å². The van der Waals surface area contributed by atoms with Gasteiger partial charge in [0.15, 0.2) is 11.5 Å². The van der Waals surface area contributed by atoms with Crippen molar-refractivity contribution in [1.82, 2.24) is 19.3 Å². The number of rotatable bonds is 6. The average molecular weight is 559 g/mol. The summed E-state index contributed by atoms with van der Waals surface area (Å²) in [6, 6.07) is 23.4. The van der Waals surface area contributed by atoms with E-state index in [1.165, 1.54) is 0 Å². The number of hydrogen-bond acceptors (Lipinski definition) is 6. The zero-order valence-electron chi connectivity index (χ0n) is 23.1. The number of morpholine rings is 1. The third kappa shape index (κ3) is 4.99. The van der Waals surface area contributed by atoms with Crippen LogP contribution >= 0.6 is 0 Å². The second kappa shape index (κ2) is 11.1. The molecule has 1 N–H and O–H groups in total. The lowest BCUT2D eigenvalue weighted by molar-refractivity contribution is -0.117. The lowest BCUT2D eigenvalue weighted by Gasteiger charge is -2.26. The minimum absolute atomic E-state index is 0.00912. The number of anilines is 3. The van der Waals surface area contributed by atoms with Crippen LogP contribution in [0, 0.1) is 0 Å². The fourth-order valence-electron chi connectivity index (χ4n) is 5.73. The lowest BCUT2D eigenvalue weighted by atomic mass is 10.0. The number of aromatic nitrogens is 3. The van der Waals surface area contributed by atoms with Gasteiger partial charge in [-0.05, 0) is 47.9 Å². The second-order valence-electron chi connectivity index (χ2n) is 10.5. The first-order valence-electron chi connectivity index (χ1n) is 14.2. The molecule has 0 bridgehead atoms. The highest BCUT2D eigenvalue weighted by molar-refractivity contribution is 5.98. The summed E-state index contributed by atoms with van der Waals surface area (Å²) in [4.78, 5) is 39.3. The molecule has 1 saturated heterocycles. The van der Waals surface area contributed by atoms with E-state index in [0.29, 0.717) is 56.3 Å². The molecular formula is C33H30N6O3. The Labute approximate surface area is 243 Å². The van der Waals surface area contributed by atoms with Crippen molar-refractivity contribution < 1.29 is 14.3 Å². The minimum Gasteiger partial charge on any atom is -0.378 e. The number of hydrogen-bond donors (Lipinski definition) is 1. The summed E-state index contributed by atoms with van der Waals surface area (Å²) in [7, 11) is 0. The van der Waals surface area contributed by atoms with Crippen molar-refractivity contribution >= 4 is 34.7 Å². The maximum atomic E-state index is 13.2. The molecule has 7 rings (SSSR count). The molecule has 42 heavy (non-hydrogen) atoms. The Balaban J connectivity index is 1.16. The molecule has 2 aliphatic heterocycles. The number of carbonyl (C=O) groups excluding carboxylic acids is 2. The largest absolute Gasteiger partial charge is 0.378 e. The molecule has 210 valence electrons. The molecule has 2 amide bonds. The summed E-state index contributed by atoms with van der Waals surface area (Å²) < 4.78 is 7.32. The van der Waals surface area contributed by atoms with E-state index in [0.717, 1.165) is 40.2 Å². The van der Waals surface area contributed by atoms with Crippen molar-refractivity contribution in [3.63, 3.8) is 0 Å². The number of amides is 2. The van der Waals surface area contributed by atoms with Crippen LogP contribution in [0.4, 0.5) is 17.2 Å². The van der Waals surface area contributed by atoms with Gasteiger partial charge in [-0.2, -0.15) is 0 Å². The Bertz CT molecular complexity index is 1760. The normalized spacial score (nSPS) is 14.7. The quantitative estimate of drug-likeness (QED) is 0.324. The van der Waals surface area contributed by atoms with E-state index in [4.69, 9.17) is 9.72 Å². The topological polar surface area (TPSA) is 92.1 Å². The molecule has 2 aromatic heterocycles. The summed E-state index contributed by atoms with van der Waals surface area (Å²) in [5.74, 6) is 0.709. The highest BCUT2D eigenvalue weighted by atomic mass is 16.5. The molecule has 0 saturated carbocycles. The Hall–Kier alpha value is -5.02. The first kappa shape index (κ1) is 25.9. The summed E-state index contributed by atoms with van der Waals surface area (Å²) in [6.07, 6.45) is 6.75. The van der Waals surface area contributed by atoms with Gasteiger partial charge in [-0.3, -0.25) is 9.59 Å². The van der Waals surface area contributed by atoms with Crippen molar-refractivity contribution in [2.75, 3.05) is 43.1 Å². The molecule has 4 heterocycles. The molecule has 0 radical (unpaired) electrons. The molecule has 9 nitrogen and oxygen atoms in total. The predicted octanol–water partition coefficient (Wildman–Crippen LogP) is 4.74. The number of nitrogens with zero attached hydrogens (tertiary/aromatic N) is 5. The van der Waals surface area contributed by atoms with E-state index in [-0.39, 0.29) is 11.8 Å². The van der Waals surface area contributed by atoms with Gasteiger partial charge in [-0.25, -0.2) is 9.97 Å². The van der Waals surface area contributed by atoms with Gasteiger partial charge < -0.3 is 24.3 Å². The SMILES string of the molecule is O=C(c1ccc(Nc2nc(-c3cccc4c3CCN4C(=O)Cc3ccccc3)cn3ccnc23)cc1)N1CCOCC1. The zero-order valence-corrected chi connectivity index (χ0v) is 23.1. The molecule has 2 aliphatic rings. The molecule has 0 atom stereocenters. The smallest absolute Gasteiger partial charge is 0.254 e. The zero-order chi connectivity index (χ0) is 28.5. The van der Waals surface area contributed by atoms with Gasteiger partial charge in [-0.1, -0.05) is 42.5 Å². The second-order valence-corrected chi connectivity index (χ2v) is 10.5. The van der Waals surface area contributed by atoms with E-state index >= 15 is 0 Å². The maximum absolute atomic E-state index is 13.2. The van der Waals surface area contributed by atoms with Gasteiger partial charge in [0.25, 0.3) is 5.91 Å². The van der Waals surface area contributed by atoms with Crippen LogP contribution < -0.4 is 10.2 Å². The van der Waals surface area contributed by atoms with Crippen molar-refractivity contribution in [3.05, 3.63) is 108 Å². The van der Waals surface area contributed by atoms with Crippen LogP contribution in [0.25, 0.3) is 16.9 Å². The van der Waals surface area contributed by atoms with Crippen LogP contribution in [0.5, 0.6) is 0 Å². The van der Waals surface area contributed by atoms with Gasteiger partial charge in [0.2, 0.25) is 5.91 Å². The predicted molar refractivity (Wildman–Crippen MR) is 161 cm³/mol. The van der Waals surface area contributed by atoms with Gasteiger partial charge >= 0.3 is 0 Å². The maximum Gasteiger partial charge on any atom is 0.254 e. The first-order chi connectivity index (χ1) is 20.6. The standard InChI is InChI=1S/C33H30N6O3/c40-30(21-23-5-2-1-3-6-23)39-15-13-27-26(7-4-8-29(27)39)28-22-38-16-14-34-32(38)31(36-28)35-25-11-9-24(10-12-25)33(41)37-17-19-42-20-18-37/h1-12,14,16,22H,13,15,17-21H2,(H,35,36). The monoisotopic (exact) mass is 558 g/mol. The molecular weight excluding hydrogens is 528 g/mol. The molecule has 1 fully saturated rings. The Morgan fingerprint density at radius 2 is 1.71 bits per heavy atom. The highest BCUT2D eigenvalue weighted by Crippen LogP contribution is 2.37. The van der Waals surface area contributed by atoms with Crippen LogP contribution in [0.1, 0.15) is 21.5 Å². The van der Waals surface area contributed by atoms with Crippen LogP contribution in [-0.4, -0.2) is 63.9 Å². The number of ether oxygens (including phenoxy) is 1. The lowest BCUT2D eigenvalue weighted by Crippen LogP contribution is -2.40. The number of imidazole rings is 1. The van der Waals surface area contributed by atoms with Gasteiger partial charge in [0.05, 0.1) is 25.3 Å². The summed E-state index contributed by atoms with van der Waals surface area (Å²) in [6.45, 7) is 3.00. The number of benzene rings is 3. The summed E-state index contributed by atoms with van der Waals surface area (Å²) >= 11 is 0. The summed E-state index contributed by atoms with van der Waals surface area (Å²) in [5, 5.41) is 3.41. The fourth-order valence-corrected chi connectivity index (χ4v) is 5.73. The van der Waals surface area contributed by atoms with Crippen LogP contribution in [0.2, 0.25) is 0 Å². The van der Waals surface area contributed by atoms with E-state index in [2.05, 4.69) is 16.4 Å². The molecule has 0 aliphatic carbocycles. The highest BCUT2D eigenvalue weighted by Gasteiger charge is 2.27.